The number of rotatable bonds is 3. The van der Waals surface area contributed by atoms with E-state index in [1.165, 1.54) is 11.3 Å². The first-order valence-corrected chi connectivity index (χ1v) is 6.12. The van der Waals surface area contributed by atoms with E-state index in [-0.39, 0.29) is 5.38 Å². The van der Waals surface area contributed by atoms with E-state index >= 15 is 0 Å². The molecule has 0 saturated carbocycles. The molecule has 0 aliphatic rings. The molecule has 0 fully saturated rings. The lowest BCUT2D eigenvalue weighted by Gasteiger charge is -1.95. The standard InChI is InChI=1S/C9H8Cl2N2OS/c1-2-5(10)8-12-9(14-13-8)7-6(11)3-4-15-7/h3-5H,2H2,1H3. The van der Waals surface area contributed by atoms with Crippen molar-refractivity contribution in [2.75, 3.05) is 0 Å². The van der Waals surface area contributed by atoms with Gasteiger partial charge in [-0.3, -0.25) is 0 Å². The summed E-state index contributed by atoms with van der Waals surface area (Å²) in [5, 5.41) is 6.10. The second-order valence-electron chi connectivity index (χ2n) is 2.93. The number of hydrogen-bond acceptors (Lipinski definition) is 4. The summed E-state index contributed by atoms with van der Waals surface area (Å²) in [6.45, 7) is 1.96. The molecule has 0 aliphatic carbocycles. The largest absolute Gasteiger partial charge is 0.333 e. The summed E-state index contributed by atoms with van der Waals surface area (Å²) in [7, 11) is 0. The topological polar surface area (TPSA) is 38.9 Å². The van der Waals surface area contributed by atoms with Gasteiger partial charge in [-0.05, 0) is 17.9 Å². The minimum atomic E-state index is -0.207. The van der Waals surface area contributed by atoms with Crippen LogP contribution in [0.25, 0.3) is 10.8 Å². The first-order valence-electron chi connectivity index (χ1n) is 4.43. The third-order valence-corrected chi connectivity index (χ3v) is 3.72. The SMILES string of the molecule is CCC(Cl)c1noc(-c2sccc2Cl)n1. The molecule has 80 valence electrons. The summed E-state index contributed by atoms with van der Waals surface area (Å²) >= 11 is 13.4. The maximum absolute atomic E-state index is 5.99. The van der Waals surface area contributed by atoms with Gasteiger partial charge >= 0.3 is 0 Å². The molecule has 0 spiro atoms. The third-order valence-electron chi connectivity index (χ3n) is 1.89. The first-order chi connectivity index (χ1) is 7.22. The summed E-state index contributed by atoms with van der Waals surface area (Å²) in [4.78, 5) is 4.99. The second kappa shape index (κ2) is 4.51. The van der Waals surface area contributed by atoms with Crippen LogP contribution in [-0.4, -0.2) is 10.1 Å². The number of nitrogens with zero attached hydrogens (tertiary/aromatic N) is 2. The van der Waals surface area contributed by atoms with Gasteiger partial charge in [0.25, 0.3) is 5.89 Å². The highest BCUT2D eigenvalue weighted by Crippen LogP contribution is 2.33. The predicted octanol–water partition coefficient (Wildman–Crippen LogP) is 4.14. The van der Waals surface area contributed by atoms with Gasteiger partial charge in [-0.1, -0.05) is 23.7 Å². The summed E-state index contributed by atoms with van der Waals surface area (Å²) < 4.78 is 5.09. The van der Waals surface area contributed by atoms with E-state index in [9.17, 15) is 0 Å². The maximum atomic E-state index is 5.99. The van der Waals surface area contributed by atoms with Crippen LogP contribution in [0.1, 0.15) is 24.5 Å². The van der Waals surface area contributed by atoms with Crippen molar-refractivity contribution in [1.29, 1.82) is 0 Å². The van der Waals surface area contributed by atoms with Crippen molar-refractivity contribution in [3.05, 3.63) is 22.3 Å². The van der Waals surface area contributed by atoms with Crippen LogP contribution in [0, 0.1) is 0 Å². The fourth-order valence-corrected chi connectivity index (χ4v) is 2.23. The normalized spacial score (nSPS) is 13.0. The lowest BCUT2D eigenvalue weighted by atomic mass is 10.3. The Morgan fingerprint density at radius 3 is 3.00 bits per heavy atom. The first kappa shape index (κ1) is 10.9. The highest BCUT2D eigenvalue weighted by molar-refractivity contribution is 7.14. The molecule has 6 heteroatoms. The highest BCUT2D eigenvalue weighted by Gasteiger charge is 2.17. The van der Waals surface area contributed by atoms with Gasteiger partial charge in [0.05, 0.1) is 10.4 Å². The van der Waals surface area contributed by atoms with E-state index in [1.807, 2.05) is 12.3 Å². The zero-order valence-electron chi connectivity index (χ0n) is 7.91. The monoisotopic (exact) mass is 262 g/mol. The van der Waals surface area contributed by atoms with E-state index in [4.69, 9.17) is 27.7 Å². The van der Waals surface area contributed by atoms with Gasteiger partial charge in [-0.15, -0.1) is 22.9 Å². The smallest absolute Gasteiger partial charge is 0.269 e. The molecule has 2 heterocycles. The zero-order chi connectivity index (χ0) is 10.8. The van der Waals surface area contributed by atoms with Crippen LogP contribution < -0.4 is 0 Å². The van der Waals surface area contributed by atoms with Crippen LogP contribution in [0.5, 0.6) is 0 Å². The fourth-order valence-electron chi connectivity index (χ4n) is 1.08. The van der Waals surface area contributed by atoms with Gasteiger partial charge in [0.2, 0.25) is 0 Å². The van der Waals surface area contributed by atoms with Gasteiger partial charge < -0.3 is 4.52 Å². The molecule has 15 heavy (non-hydrogen) atoms. The minimum absolute atomic E-state index is 0.207. The van der Waals surface area contributed by atoms with Crippen molar-refractivity contribution < 1.29 is 4.52 Å². The average Bonchev–Trinajstić information content (AvgIpc) is 2.84. The Morgan fingerprint density at radius 2 is 2.40 bits per heavy atom. The molecule has 0 aliphatic heterocycles. The van der Waals surface area contributed by atoms with E-state index in [1.54, 1.807) is 6.07 Å². The molecule has 0 aromatic carbocycles. The molecule has 1 atom stereocenters. The van der Waals surface area contributed by atoms with Gasteiger partial charge in [-0.2, -0.15) is 4.98 Å². The van der Waals surface area contributed by atoms with Crippen molar-refractivity contribution in [1.82, 2.24) is 10.1 Å². The molecule has 2 aromatic rings. The molecule has 0 radical (unpaired) electrons. The molecule has 3 nitrogen and oxygen atoms in total. The number of hydrogen-bond donors (Lipinski definition) is 0. The van der Waals surface area contributed by atoms with Crippen LogP contribution >= 0.6 is 34.5 Å². The quantitative estimate of drug-likeness (QED) is 0.781. The zero-order valence-corrected chi connectivity index (χ0v) is 10.2. The summed E-state index contributed by atoms with van der Waals surface area (Å²) in [6, 6.07) is 1.80. The van der Waals surface area contributed by atoms with Crippen LogP contribution in [0.3, 0.4) is 0 Å². The lowest BCUT2D eigenvalue weighted by Crippen LogP contribution is -1.90. The highest BCUT2D eigenvalue weighted by atomic mass is 35.5. The number of aromatic nitrogens is 2. The van der Waals surface area contributed by atoms with Crippen molar-refractivity contribution in [2.45, 2.75) is 18.7 Å². The third kappa shape index (κ3) is 2.17. The van der Waals surface area contributed by atoms with Gasteiger partial charge in [0, 0.05) is 0 Å². The van der Waals surface area contributed by atoms with Crippen LogP contribution in [0.2, 0.25) is 5.02 Å². The molecule has 2 rings (SSSR count). The van der Waals surface area contributed by atoms with Crippen LogP contribution in [0.4, 0.5) is 0 Å². The van der Waals surface area contributed by atoms with Crippen molar-refractivity contribution in [2.24, 2.45) is 0 Å². The minimum Gasteiger partial charge on any atom is -0.333 e. The Kier molecular flexibility index (Phi) is 3.29. The summed E-state index contributed by atoms with van der Waals surface area (Å²) in [5.41, 5.74) is 0. The van der Waals surface area contributed by atoms with Gasteiger partial charge in [0.1, 0.15) is 4.88 Å². The van der Waals surface area contributed by atoms with E-state index in [2.05, 4.69) is 10.1 Å². The maximum Gasteiger partial charge on any atom is 0.269 e. The molecule has 0 bridgehead atoms. The summed E-state index contributed by atoms with van der Waals surface area (Å²) in [6.07, 6.45) is 0.763. The van der Waals surface area contributed by atoms with E-state index in [0.29, 0.717) is 16.7 Å². The lowest BCUT2D eigenvalue weighted by molar-refractivity contribution is 0.422. The Bertz CT molecular complexity index is 454. The van der Waals surface area contributed by atoms with Crippen molar-refractivity contribution >= 4 is 34.5 Å². The fraction of sp³-hybridized carbons (Fsp3) is 0.333. The Morgan fingerprint density at radius 1 is 1.60 bits per heavy atom. The van der Waals surface area contributed by atoms with Crippen LogP contribution in [0.15, 0.2) is 16.0 Å². The summed E-state index contributed by atoms with van der Waals surface area (Å²) in [5.74, 6) is 0.947. The average molecular weight is 263 g/mol. The van der Waals surface area contributed by atoms with Crippen LogP contribution in [-0.2, 0) is 0 Å². The Hall–Kier alpha value is -0.580. The Balaban J connectivity index is 2.32. The second-order valence-corrected chi connectivity index (χ2v) is 4.78. The van der Waals surface area contributed by atoms with E-state index < -0.39 is 0 Å². The predicted molar refractivity (Wildman–Crippen MR) is 61.5 cm³/mol. The number of alkyl halides is 1. The molecule has 2 aromatic heterocycles. The number of halogens is 2. The molecule has 1 unspecified atom stereocenters. The molecular formula is C9H8Cl2N2OS. The molecule has 0 N–H and O–H groups in total. The van der Waals surface area contributed by atoms with Crippen molar-refractivity contribution in [3.63, 3.8) is 0 Å². The van der Waals surface area contributed by atoms with Crippen molar-refractivity contribution in [3.8, 4) is 10.8 Å². The molecule has 0 amide bonds. The number of thiophene rings is 1. The van der Waals surface area contributed by atoms with Gasteiger partial charge in [0.15, 0.2) is 5.82 Å². The molecular weight excluding hydrogens is 255 g/mol. The molecule has 0 saturated heterocycles. The van der Waals surface area contributed by atoms with E-state index in [0.717, 1.165) is 11.3 Å². The Labute approximate surface area is 101 Å². The van der Waals surface area contributed by atoms with Gasteiger partial charge in [-0.25, -0.2) is 0 Å².